The third-order valence-electron chi connectivity index (χ3n) is 2.37. The first-order chi connectivity index (χ1) is 6.27. The standard InChI is InChI=1S/C10H14N2O/c1-7-9(11)3-2-4-10(7)12-8-5-13-6-8/h2-4,8,12H,5-6,11H2,1H3. The molecule has 0 radical (unpaired) electrons. The van der Waals surface area contributed by atoms with Crippen molar-refractivity contribution in [3.8, 4) is 0 Å². The summed E-state index contributed by atoms with van der Waals surface area (Å²) in [5, 5.41) is 3.38. The number of nitrogens with one attached hydrogen (secondary N) is 1. The molecule has 0 aromatic heterocycles. The first-order valence-corrected chi connectivity index (χ1v) is 4.47. The molecule has 0 saturated carbocycles. The lowest BCUT2D eigenvalue weighted by molar-refractivity contribution is 0.0211. The van der Waals surface area contributed by atoms with Crippen LogP contribution in [0.15, 0.2) is 18.2 Å². The fourth-order valence-electron chi connectivity index (χ4n) is 1.35. The zero-order valence-corrected chi connectivity index (χ0v) is 7.71. The predicted octanol–water partition coefficient (Wildman–Crippen LogP) is 1.39. The van der Waals surface area contributed by atoms with Gasteiger partial charge in [-0.25, -0.2) is 0 Å². The van der Waals surface area contributed by atoms with Crippen molar-refractivity contribution in [2.75, 3.05) is 24.3 Å². The Morgan fingerprint density at radius 3 is 2.85 bits per heavy atom. The lowest BCUT2D eigenvalue weighted by Crippen LogP contribution is -2.40. The van der Waals surface area contributed by atoms with Crippen molar-refractivity contribution in [3.05, 3.63) is 23.8 Å². The van der Waals surface area contributed by atoms with Crippen LogP contribution in [0.4, 0.5) is 11.4 Å². The number of anilines is 2. The molecule has 3 N–H and O–H groups in total. The summed E-state index contributed by atoms with van der Waals surface area (Å²) < 4.78 is 5.08. The average Bonchev–Trinajstić information content (AvgIpc) is 2.04. The zero-order valence-electron chi connectivity index (χ0n) is 7.71. The third-order valence-corrected chi connectivity index (χ3v) is 2.37. The molecule has 0 spiro atoms. The van der Waals surface area contributed by atoms with Gasteiger partial charge in [0.05, 0.1) is 19.3 Å². The van der Waals surface area contributed by atoms with Gasteiger partial charge < -0.3 is 15.8 Å². The van der Waals surface area contributed by atoms with Crippen molar-refractivity contribution < 1.29 is 4.74 Å². The Morgan fingerprint density at radius 2 is 2.23 bits per heavy atom. The molecule has 1 heterocycles. The van der Waals surface area contributed by atoms with Gasteiger partial charge in [-0.05, 0) is 24.6 Å². The molecule has 0 unspecified atom stereocenters. The van der Waals surface area contributed by atoms with Crippen molar-refractivity contribution in [2.24, 2.45) is 0 Å². The SMILES string of the molecule is Cc1c(N)cccc1NC1COC1. The number of ether oxygens (including phenoxy) is 1. The molecular formula is C10H14N2O. The van der Waals surface area contributed by atoms with Crippen LogP contribution in [0.2, 0.25) is 0 Å². The van der Waals surface area contributed by atoms with Crippen molar-refractivity contribution in [1.29, 1.82) is 0 Å². The Labute approximate surface area is 77.9 Å². The molecule has 3 nitrogen and oxygen atoms in total. The van der Waals surface area contributed by atoms with E-state index in [4.69, 9.17) is 10.5 Å². The second kappa shape index (κ2) is 3.26. The van der Waals surface area contributed by atoms with Crippen LogP contribution < -0.4 is 11.1 Å². The quantitative estimate of drug-likeness (QED) is 0.673. The van der Waals surface area contributed by atoms with Gasteiger partial charge >= 0.3 is 0 Å². The zero-order chi connectivity index (χ0) is 9.26. The topological polar surface area (TPSA) is 47.3 Å². The van der Waals surface area contributed by atoms with Gasteiger partial charge in [0.2, 0.25) is 0 Å². The summed E-state index contributed by atoms with van der Waals surface area (Å²) in [7, 11) is 0. The summed E-state index contributed by atoms with van der Waals surface area (Å²) in [6.45, 7) is 3.62. The molecule has 0 bridgehead atoms. The molecule has 1 fully saturated rings. The highest BCUT2D eigenvalue weighted by atomic mass is 16.5. The van der Waals surface area contributed by atoms with Crippen molar-refractivity contribution in [3.63, 3.8) is 0 Å². The van der Waals surface area contributed by atoms with Crippen LogP contribution in [-0.2, 0) is 4.74 Å². The number of benzene rings is 1. The Bertz CT molecular complexity index is 308. The van der Waals surface area contributed by atoms with E-state index >= 15 is 0 Å². The molecule has 1 aromatic carbocycles. The van der Waals surface area contributed by atoms with E-state index in [1.54, 1.807) is 0 Å². The predicted molar refractivity (Wildman–Crippen MR) is 53.8 cm³/mol. The summed E-state index contributed by atoms with van der Waals surface area (Å²) in [6, 6.07) is 6.38. The van der Waals surface area contributed by atoms with E-state index in [1.165, 1.54) is 0 Å². The van der Waals surface area contributed by atoms with Crippen LogP contribution in [-0.4, -0.2) is 19.3 Å². The summed E-state index contributed by atoms with van der Waals surface area (Å²) in [4.78, 5) is 0. The average molecular weight is 178 g/mol. The fraction of sp³-hybridized carbons (Fsp3) is 0.400. The van der Waals surface area contributed by atoms with Gasteiger partial charge in [-0.15, -0.1) is 0 Å². The largest absolute Gasteiger partial charge is 0.398 e. The molecule has 70 valence electrons. The molecule has 1 aliphatic heterocycles. The summed E-state index contributed by atoms with van der Waals surface area (Å²) in [5.41, 5.74) is 8.86. The highest BCUT2D eigenvalue weighted by Crippen LogP contribution is 2.22. The lowest BCUT2D eigenvalue weighted by Gasteiger charge is -2.28. The second-order valence-corrected chi connectivity index (χ2v) is 3.40. The normalized spacial score (nSPS) is 16.7. The Hall–Kier alpha value is -1.22. The lowest BCUT2D eigenvalue weighted by atomic mass is 10.1. The third kappa shape index (κ3) is 1.60. The molecule has 13 heavy (non-hydrogen) atoms. The minimum absolute atomic E-state index is 0.459. The number of nitrogens with two attached hydrogens (primary N) is 1. The Kier molecular flexibility index (Phi) is 2.10. The van der Waals surface area contributed by atoms with Crippen LogP contribution in [0.5, 0.6) is 0 Å². The van der Waals surface area contributed by atoms with Gasteiger partial charge in [0.1, 0.15) is 0 Å². The first kappa shape index (κ1) is 8.38. The van der Waals surface area contributed by atoms with E-state index in [-0.39, 0.29) is 0 Å². The van der Waals surface area contributed by atoms with Gasteiger partial charge in [0.15, 0.2) is 0 Å². The molecule has 0 atom stereocenters. The number of hydrogen-bond donors (Lipinski definition) is 2. The van der Waals surface area contributed by atoms with E-state index in [1.807, 2.05) is 25.1 Å². The van der Waals surface area contributed by atoms with Crippen LogP contribution in [0, 0.1) is 6.92 Å². The van der Waals surface area contributed by atoms with E-state index < -0.39 is 0 Å². The fourth-order valence-corrected chi connectivity index (χ4v) is 1.35. The van der Waals surface area contributed by atoms with Crippen LogP contribution in [0.1, 0.15) is 5.56 Å². The van der Waals surface area contributed by atoms with Gasteiger partial charge in [-0.1, -0.05) is 6.07 Å². The summed E-state index contributed by atoms with van der Waals surface area (Å²) >= 11 is 0. The van der Waals surface area contributed by atoms with Gasteiger partial charge in [0.25, 0.3) is 0 Å². The summed E-state index contributed by atoms with van der Waals surface area (Å²) in [5.74, 6) is 0. The second-order valence-electron chi connectivity index (χ2n) is 3.40. The Balaban J connectivity index is 2.14. The minimum atomic E-state index is 0.459. The van der Waals surface area contributed by atoms with E-state index in [0.29, 0.717) is 6.04 Å². The first-order valence-electron chi connectivity index (χ1n) is 4.47. The van der Waals surface area contributed by atoms with E-state index in [0.717, 1.165) is 30.2 Å². The molecule has 3 heteroatoms. The molecule has 2 rings (SSSR count). The van der Waals surface area contributed by atoms with E-state index in [2.05, 4.69) is 5.32 Å². The highest BCUT2D eigenvalue weighted by molar-refractivity contribution is 5.63. The minimum Gasteiger partial charge on any atom is -0.398 e. The molecule has 1 aliphatic rings. The van der Waals surface area contributed by atoms with Crippen molar-refractivity contribution >= 4 is 11.4 Å². The van der Waals surface area contributed by atoms with Crippen molar-refractivity contribution in [1.82, 2.24) is 0 Å². The maximum atomic E-state index is 5.78. The number of nitrogen functional groups attached to an aromatic ring is 1. The molecular weight excluding hydrogens is 164 g/mol. The molecule has 1 aromatic rings. The maximum absolute atomic E-state index is 5.78. The monoisotopic (exact) mass is 178 g/mol. The van der Waals surface area contributed by atoms with Crippen LogP contribution >= 0.6 is 0 Å². The van der Waals surface area contributed by atoms with E-state index in [9.17, 15) is 0 Å². The Morgan fingerprint density at radius 1 is 1.46 bits per heavy atom. The number of hydrogen-bond acceptors (Lipinski definition) is 3. The molecule has 0 aliphatic carbocycles. The van der Waals surface area contributed by atoms with Crippen molar-refractivity contribution in [2.45, 2.75) is 13.0 Å². The van der Waals surface area contributed by atoms with Crippen LogP contribution in [0.3, 0.4) is 0 Å². The summed E-state index contributed by atoms with van der Waals surface area (Å²) in [6.07, 6.45) is 0. The highest BCUT2D eigenvalue weighted by Gasteiger charge is 2.18. The van der Waals surface area contributed by atoms with Gasteiger partial charge in [-0.3, -0.25) is 0 Å². The smallest absolute Gasteiger partial charge is 0.0728 e. The van der Waals surface area contributed by atoms with Gasteiger partial charge in [-0.2, -0.15) is 0 Å². The van der Waals surface area contributed by atoms with Gasteiger partial charge in [0, 0.05) is 11.4 Å². The molecule has 1 saturated heterocycles. The number of rotatable bonds is 2. The molecule has 0 amide bonds. The maximum Gasteiger partial charge on any atom is 0.0728 e. The van der Waals surface area contributed by atoms with Crippen LogP contribution in [0.25, 0.3) is 0 Å².